The van der Waals surface area contributed by atoms with Gasteiger partial charge in [0.1, 0.15) is 5.75 Å². The standard InChI is InChI=1S/C12H14O2/c1-8-4-3-5-10(14-2)11(8)12(13)9-6-7-9/h3-5,9H,6-7H2,1-2H3. The molecule has 0 N–H and O–H groups in total. The Morgan fingerprint density at radius 1 is 1.43 bits per heavy atom. The van der Waals surface area contributed by atoms with E-state index in [0.29, 0.717) is 5.75 Å². The van der Waals surface area contributed by atoms with E-state index in [4.69, 9.17) is 4.74 Å². The number of methoxy groups -OCH3 is 1. The van der Waals surface area contributed by atoms with Crippen molar-refractivity contribution in [1.82, 2.24) is 0 Å². The second kappa shape index (κ2) is 3.45. The SMILES string of the molecule is COc1cccc(C)c1C(=O)C1CC1. The molecule has 2 heteroatoms. The molecule has 0 spiro atoms. The Hall–Kier alpha value is -1.31. The Bertz CT molecular complexity index is 365. The van der Waals surface area contributed by atoms with E-state index in [0.717, 1.165) is 24.0 Å². The van der Waals surface area contributed by atoms with Crippen LogP contribution in [0.15, 0.2) is 18.2 Å². The molecule has 14 heavy (non-hydrogen) atoms. The minimum atomic E-state index is 0.250. The zero-order valence-electron chi connectivity index (χ0n) is 8.54. The molecule has 0 radical (unpaired) electrons. The van der Waals surface area contributed by atoms with Crippen LogP contribution in [0, 0.1) is 12.8 Å². The minimum Gasteiger partial charge on any atom is -0.496 e. The van der Waals surface area contributed by atoms with E-state index in [2.05, 4.69) is 0 Å². The van der Waals surface area contributed by atoms with Crippen LogP contribution in [0.3, 0.4) is 0 Å². The molecular formula is C12H14O2. The smallest absolute Gasteiger partial charge is 0.169 e. The maximum Gasteiger partial charge on any atom is 0.169 e. The van der Waals surface area contributed by atoms with Crippen LogP contribution in [0.4, 0.5) is 0 Å². The van der Waals surface area contributed by atoms with E-state index in [1.165, 1.54) is 0 Å². The number of carbonyl (C=O) groups excluding carboxylic acids is 1. The predicted octanol–water partition coefficient (Wildman–Crippen LogP) is 2.60. The average molecular weight is 190 g/mol. The highest BCUT2D eigenvalue weighted by molar-refractivity contribution is 6.02. The first-order chi connectivity index (χ1) is 6.74. The first-order valence-electron chi connectivity index (χ1n) is 4.92. The number of carbonyl (C=O) groups is 1. The highest BCUT2D eigenvalue weighted by Crippen LogP contribution is 2.36. The number of hydrogen-bond donors (Lipinski definition) is 0. The van der Waals surface area contributed by atoms with Gasteiger partial charge in [-0.25, -0.2) is 0 Å². The van der Waals surface area contributed by atoms with E-state index >= 15 is 0 Å². The third-order valence-corrected chi connectivity index (χ3v) is 2.65. The van der Waals surface area contributed by atoms with Crippen molar-refractivity contribution in [2.45, 2.75) is 19.8 Å². The molecule has 1 aliphatic carbocycles. The molecule has 0 aliphatic heterocycles. The Balaban J connectivity index is 2.42. The van der Waals surface area contributed by atoms with Crippen molar-refractivity contribution < 1.29 is 9.53 Å². The molecule has 74 valence electrons. The maximum atomic E-state index is 11.9. The molecule has 0 atom stereocenters. The van der Waals surface area contributed by atoms with Gasteiger partial charge >= 0.3 is 0 Å². The zero-order chi connectivity index (χ0) is 10.1. The number of rotatable bonds is 3. The van der Waals surface area contributed by atoms with E-state index < -0.39 is 0 Å². The Morgan fingerprint density at radius 3 is 2.71 bits per heavy atom. The van der Waals surface area contributed by atoms with Gasteiger partial charge in [-0.1, -0.05) is 12.1 Å². The van der Waals surface area contributed by atoms with Gasteiger partial charge < -0.3 is 4.74 Å². The molecule has 2 rings (SSSR count). The Morgan fingerprint density at radius 2 is 2.14 bits per heavy atom. The molecule has 0 heterocycles. The van der Waals surface area contributed by atoms with Crippen LogP contribution >= 0.6 is 0 Å². The summed E-state index contributed by atoms with van der Waals surface area (Å²) in [4.78, 5) is 11.9. The molecule has 1 aromatic carbocycles. The maximum absolute atomic E-state index is 11.9. The normalized spacial score (nSPS) is 15.3. The van der Waals surface area contributed by atoms with Crippen LogP contribution < -0.4 is 4.74 Å². The molecule has 0 bridgehead atoms. The fourth-order valence-corrected chi connectivity index (χ4v) is 1.68. The predicted molar refractivity (Wildman–Crippen MR) is 54.8 cm³/mol. The van der Waals surface area contributed by atoms with Gasteiger partial charge in [0.25, 0.3) is 0 Å². The minimum absolute atomic E-state index is 0.250. The topological polar surface area (TPSA) is 26.3 Å². The number of Topliss-reactive ketones (excluding diaryl/α,β-unsaturated/α-hetero) is 1. The van der Waals surface area contributed by atoms with E-state index in [-0.39, 0.29) is 11.7 Å². The van der Waals surface area contributed by atoms with Crippen LogP contribution in [0.1, 0.15) is 28.8 Å². The van der Waals surface area contributed by atoms with E-state index in [9.17, 15) is 4.79 Å². The second-order valence-electron chi connectivity index (χ2n) is 3.79. The lowest BCUT2D eigenvalue weighted by atomic mass is 10.0. The van der Waals surface area contributed by atoms with Gasteiger partial charge in [0.05, 0.1) is 12.7 Å². The van der Waals surface area contributed by atoms with Gasteiger partial charge in [0.2, 0.25) is 0 Å². The van der Waals surface area contributed by atoms with Crippen molar-refractivity contribution in [2.24, 2.45) is 5.92 Å². The lowest BCUT2D eigenvalue weighted by Crippen LogP contribution is -2.06. The molecule has 1 fully saturated rings. The number of aryl methyl sites for hydroxylation is 1. The summed E-state index contributed by atoms with van der Waals surface area (Å²) in [5.74, 6) is 1.21. The molecule has 0 unspecified atom stereocenters. The number of benzene rings is 1. The second-order valence-corrected chi connectivity index (χ2v) is 3.79. The van der Waals surface area contributed by atoms with Gasteiger partial charge in [-0.15, -0.1) is 0 Å². The lowest BCUT2D eigenvalue weighted by Gasteiger charge is -2.09. The van der Waals surface area contributed by atoms with Crippen LogP contribution in [0.2, 0.25) is 0 Å². The quantitative estimate of drug-likeness (QED) is 0.685. The molecule has 0 amide bonds. The van der Waals surface area contributed by atoms with Gasteiger partial charge in [-0.05, 0) is 31.4 Å². The highest BCUT2D eigenvalue weighted by atomic mass is 16.5. The summed E-state index contributed by atoms with van der Waals surface area (Å²) in [5.41, 5.74) is 1.79. The molecule has 1 aliphatic rings. The summed E-state index contributed by atoms with van der Waals surface area (Å²) in [6.45, 7) is 1.96. The fourth-order valence-electron chi connectivity index (χ4n) is 1.68. The van der Waals surface area contributed by atoms with Crippen LogP contribution in [0.25, 0.3) is 0 Å². The molecule has 1 aromatic rings. The van der Waals surface area contributed by atoms with Crippen molar-refractivity contribution in [3.05, 3.63) is 29.3 Å². The van der Waals surface area contributed by atoms with Crippen molar-refractivity contribution in [3.63, 3.8) is 0 Å². The first-order valence-corrected chi connectivity index (χ1v) is 4.92. The van der Waals surface area contributed by atoms with Crippen LogP contribution in [-0.2, 0) is 0 Å². The average Bonchev–Trinajstić information content (AvgIpc) is 2.99. The fraction of sp³-hybridized carbons (Fsp3) is 0.417. The molecule has 2 nitrogen and oxygen atoms in total. The Labute approximate surface area is 83.9 Å². The van der Waals surface area contributed by atoms with Crippen molar-refractivity contribution in [3.8, 4) is 5.75 Å². The molecule has 0 aromatic heterocycles. The first kappa shape index (κ1) is 9.25. The zero-order valence-corrected chi connectivity index (χ0v) is 8.54. The largest absolute Gasteiger partial charge is 0.496 e. The summed E-state index contributed by atoms with van der Waals surface area (Å²) in [7, 11) is 1.61. The van der Waals surface area contributed by atoms with Gasteiger partial charge in [-0.2, -0.15) is 0 Å². The van der Waals surface area contributed by atoms with Gasteiger partial charge in [0, 0.05) is 5.92 Å². The van der Waals surface area contributed by atoms with Gasteiger partial charge in [0.15, 0.2) is 5.78 Å². The number of hydrogen-bond acceptors (Lipinski definition) is 2. The monoisotopic (exact) mass is 190 g/mol. The Kier molecular flexibility index (Phi) is 2.28. The molecule has 0 saturated heterocycles. The van der Waals surface area contributed by atoms with Gasteiger partial charge in [-0.3, -0.25) is 4.79 Å². The number of ketones is 1. The summed E-state index contributed by atoms with van der Waals surface area (Å²) in [6.07, 6.45) is 2.08. The number of ether oxygens (including phenoxy) is 1. The summed E-state index contributed by atoms with van der Waals surface area (Å²) < 4.78 is 5.20. The van der Waals surface area contributed by atoms with Crippen molar-refractivity contribution in [2.75, 3.05) is 7.11 Å². The van der Waals surface area contributed by atoms with Crippen molar-refractivity contribution in [1.29, 1.82) is 0 Å². The summed E-state index contributed by atoms with van der Waals surface area (Å²) in [6, 6.07) is 5.72. The summed E-state index contributed by atoms with van der Waals surface area (Å²) in [5, 5.41) is 0. The highest BCUT2D eigenvalue weighted by Gasteiger charge is 2.32. The summed E-state index contributed by atoms with van der Waals surface area (Å²) >= 11 is 0. The molecule has 1 saturated carbocycles. The van der Waals surface area contributed by atoms with Crippen LogP contribution in [-0.4, -0.2) is 12.9 Å². The third kappa shape index (κ3) is 1.52. The third-order valence-electron chi connectivity index (χ3n) is 2.65. The van der Waals surface area contributed by atoms with E-state index in [1.54, 1.807) is 7.11 Å². The van der Waals surface area contributed by atoms with Crippen LogP contribution in [0.5, 0.6) is 5.75 Å². The van der Waals surface area contributed by atoms with E-state index in [1.807, 2.05) is 25.1 Å². The lowest BCUT2D eigenvalue weighted by molar-refractivity contribution is 0.0964. The molecular weight excluding hydrogens is 176 g/mol. The van der Waals surface area contributed by atoms with Crippen molar-refractivity contribution >= 4 is 5.78 Å².